The van der Waals surface area contributed by atoms with Crippen LogP contribution in [0.15, 0.2) is 24.3 Å². The molecule has 1 heterocycles. The molecule has 0 unspecified atom stereocenters. The lowest BCUT2D eigenvalue weighted by atomic mass is 10.1. The van der Waals surface area contributed by atoms with E-state index in [1.165, 1.54) is 19.3 Å². The van der Waals surface area contributed by atoms with Gasteiger partial charge in [-0.3, -0.25) is 0 Å². The Balaban J connectivity index is 2.03. The minimum Gasteiger partial charge on any atom is -0.395 e. The number of nitrogens with one attached hydrogen (secondary N) is 1. The summed E-state index contributed by atoms with van der Waals surface area (Å²) in [6.07, 6.45) is 6.88. The fourth-order valence-corrected chi connectivity index (χ4v) is 3.17. The molecule has 134 valence electrons. The number of carbonyl (C=O) groups excluding carboxylic acids is 1. The lowest BCUT2D eigenvalue weighted by Gasteiger charge is -2.31. The van der Waals surface area contributed by atoms with Crippen LogP contribution in [0.2, 0.25) is 0 Å². The van der Waals surface area contributed by atoms with Crippen LogP contribution in [-0.4, -0.2) is 48.8 Å². The molecule has 0 aromatic heterocycles. The molecule has 5 nitrogen and oxygen atoms in total. The Labute approximate surface area is 145 Å². The second-order valence-electron chi connectivity index (χ2n) is 6.41. The van der Waals surface area contributed by atoms with Gasteiger partial charge in [0.2, 0.25) is 0 Å². The standard InChI is InChI=1S/C19H31N3O2/c1-2-3-7-14-22(15-16-23)19(24)20-17-10-5-6-11-18(17)21-12-8-4-9-13-21/h5-6,10-11,23H,2-4,7-9,12-16H2,1H3,(H,20,24). The van der Waals surface area contributed by atoms with Gasteiger partial charge in [0.15, 0.2) is 0 Å². The fourth-order valence-electron chi connectivity index (χ4n) is 3.17. The van der Waals surface area contributed by atoms with Crippen molar-refractivity contribution in [2.45, 2.75) is 45.4 Å². The van der Waals surface area contributed by atoms with Gasteiger partial charge in [-0.25, -0.2) is 4.79 Å². The van der Waals surface area contributed by atoms with Crippen LogP contribution in [0.5, 0.6) is 0 Å². The average molecular weight is 333 g/mol. The molecule has 24 heavy (non-hydrogen) atoms. The Morgan fingerprint density at radius 2 is 1.92 bits per heavy atom. The molecule has 0 aliphatic carbocycles. The van der Waals surface area contributed by atoms with Crippen molar-refractivity contribution >= 4 is 17.4 Å². The van der Waals surface area contributed by atoms with Crippen molar-refractivity contribution in [3.8, 4) is 0 Å². The van der Waals surface area contributed by atoms with E-state index < -0.39 is 0 Å². The van der Waals surface area contributed by atoms with E-state index in [2.05, 4.69) is 23.2 Å². The van der Waals surface area contributed by atoms with Gasteiger partial charge in [0.05, 0.1) is 18.0 Å². The summed E-state index contributed by atoms with van der Waals surface area (Å²) < 4.78 is 0. The normalized spacial score (nSPS) is 14.5. The molecular weight excluding hydrogens is 302 g/mol. The van der Waals surface area contributed by atoms with Gasteiger partial charge in [-0.1, -0.05) is 31.9 Å². The first-order chi connectivity index (χ1) is 11.8. The molecule has 0 atom stereocenters. The number of benzene rings is 1. The van der Waals surface area contributed by atoms with Gasteiger partial charge >= 0.3 is 6.03 Å². The number of urea groups is 1. The van der Waals surface area contributed by atoms with E-state index in [0.29, 0.717) is 13.1 Å². The van der Waals surface area contributed by atoms with E-state index in [1.807, 2.05) is 18.2 Å². The topological polar surface area (TPSA) is 55.8 Å². The van der Waals surface area contributed by atoms with Crippen LogP contribution in [0.25, 0.3) is 0 Å². The first-order valence-corrected chi connectivity index (χ1v) is 9.27. The summed E-state index contributed by atoms with van der Waals surface area (Å²) in [6, 6.07) is 7.90. The van der Waals surface area contributed by atoms with Crippen molar-refractivity contribution in [3.05, 3.63) is 24.3 Å². The van der Waals surface area contributed by atoms with E-state index in [1.54, 1.807) is 4.90 Å². The number of nitrogens with zero attached hydrogens (tertiary/aromatic N) is 2. The summed E-state index contributed by atoms with van der Waals surface area (Å²) in [5.74, 6) is 0. The first-order valence-electron chi connectivity index (χ1n) is 9.27. The van der Waals surface area contributed by atoms with Gasteiger partial charge in [0, 0.05) is 26.2 Å². The van der Waals surface area contributed by atoms with Gasteiger partial charge in [0.25, 0.3) is 0 Å². The number of rotatable bonds is 8. The Morgan fingerprint density at radius 3 is 2.62 bits per heavy atom. The average Bonchev–Trinajstić information content (AvgIpc) is 2.62. The van der Waals surface area contributed by atoms with E-state index in [-0.39, 0.29) is 12.6 Å². The molecule has 1 aromatic carbocycles. The van der Waals surface area contributed by atoms with E-state index >= 15 is 0 Å². The van der Waals surface area contributed by atoms with Crippen molar-refractivity contribution < 1.29 is 9.90 Å². The van der Waals surface area contributed by atoms with Gasteiger partial charge in [-0.05, 0) is 37.8 Å². The molecule has 0 spiro atoms. The number of piperidine rings is 1. The summed E-state index contributed by atoms with van der Waals surface area (Å²) in [5.41, 5.74) is 1.96. The SMILES string of the molecule is CCCCCN(CCO)C(=O)Nc1ccccc1N1CCCCC1. The van der Waals surface area contributed by atoms with Crippen LogP contribution in [0.3, 0.4) is 0 Å². The van der Waals surface area contributed by atoms with Gasteiger partial charge < -0.3 is 20.2 Å². The number of anilines is 2. The Morgan fingerprint density at radius 1 is 1.17 bits per heavy atom. The van der Waals surface area contributed by atoms with Crippen molar-refractivity contribution in [1.29, 1.82) is 0 Å². The van der Waals surface area contributed by atoms with Crippen LogP contribution in [0.1, 0.15) is 45.4 Å². The molecule has 1 fully saturated rings. The third-order valence-corrected chi connectivity index (χ3v) is 4.53. The number of hydrogen-bond donors (Lipinski definition) is 2. The first kappa shape index (κ1) is 18.6. The quantitative estimate of drug-likeness (QED) is 0.713. The van der Waals surface area contributed by atoms with Crippen LogP contribution < -0.4 is 10.2 Å². The maximum atomic E-state index is 12.6. The third-order valence-electron chi connectivity index (χ3n) is 4.53. The molecule has 5 heteroatoms. The summed E-state index contributed by atoms with van der Waals surface area (Å²) in [5, 5.41) is 12.3. The largest absolute Gasteiger partial charge is 0.395 e. The van der Waals surface area contributed by atoms with Crippen LogP contribution in [0, 0.1) is 0 Å². The Bertz CT molecular complexity index is 501. The van der Waals surface area contributed by atoms with Crippen molar-refractivity contribution in [2.75, 3.05) is 43.0 Å². The van der Waals surface area contributed by atoms with Crippen molar-refractivity contribution in [3.63, 3.8) is 0 Å². The second kappa shape index (κ2) is 10.2. The highest BCUT2D eigenvalue weighted by Crippen LogP contribution is 2.28. The molecule has 0 bridgehead atoms. The zero-order valence-corrected chi connectivity index (χ0v) is 14.8. The van der Waals surface area contributed by atoms with Gasteiger partial charge in [0.1, 0.15) is 0 Å². The lowest BCUT2D eigenvalue weighted by molar-refractivity contribution is 0.187. The lowest BCUT2D eigenvalue weighted by Crippen LogP contribution is -2.38. The number of aliphatic hydroxyl groups excluding tert-OH is 1. The number of unbranched alkanes of at least 4 members (excludes halogenated alkanes) is 2. The number of carbonyl (C=O) groups is 1. The Hall–Kier alpha value is -1.75. The van der Waals surface area contributed by atoms with E-state index in [9.17, 15) is 9.90 Å². The van der Waals surface area contributed by atoms with Gasteiger partial charge in [-0.2, -0.15) is 0 Å². The highest BCUT2D eigenvalue weighted by Gasteiger charge is 2.18. The number of para-hydroxylation sites is 2. The molecule has 2 rings (SSSR count). The number of amides is 2. The summed E-state index contributed by atoms with van der Waals surface area (Å²) >= 11 is 0. The van der Waals surface area contributed by atoms with Crippen LogP contribution in [0.4, 0.5) is 16.2 Å². The predicted molar refractivity (Wildman–Crippen MR) is 99.7 cm³/mol. The van der Waals surface area contributed by atoms with Crippen molar-refractivity contribution in [1.82, 2.24) is 4.90 Å². The molecule has 1 aromatic rings. The molecule has 1 aliphatic heterocycles. The molecule has 2 amide bonds. The number of aliphatic hydroxyl groups is 1. The molecular formula is C19H31N3O2. The Kier molecular flexibility index (Phi) is 7.89. The summed E-state index contributed by atoms with van der Waals surface area (Å²) in [6.45, 7) is 5.29. The monoisotopic (exact) mass is 333 g/mol. The van der Waals surface area contributed by atoms with E-state index in [0.717, 1.165) is 43.7 Å². The summed E-state index contributed by atoms with van der Waals surface area (Å²) in [7, 11) is 0. The highest BCUT2D eigenvalue weighted by atomic mass is 16.3. The highest BCUT2D eigenvalue weighted by molar-refractivity contribution is 5.93. The zero-order chi connectivity index (χ0) is 17.2. The number of hydrogen-bond acceptors (Lipinski definition) is 3. The molecule has 0 radical (unpaired) electrons. The van der Waals surface area contributed by atoms with Gasteiger partial charge in [-0.15, -0.1) is 0 Å². The molecule has 2 N–H and O–H groups in total. The molecule has 1 saturated heterocycles. The fraction of sp³-hybridized carbons (Fsp3) is 0.632. The summed E-state index contributed by atoms with van der Waals surface area (Å²) in [4.78, 5) is 16.7. The molecule has 0 saturated carbocycles. The van der Waals surface area contributed by atoms with E-state index in [4.69, 9.17) is 0 Å². The van der Waals surface area contributed by atoms with Crippen molar-refractivity contribution in [2.24, 2.45) is 0 Å². The molecule has 1 aliphatic rings. The van der Waals surface area contributed by atoms with Crippen LogP contribution in [-0.2, 0) is 0 Å². The minimum atomic E-state index is -0.121. The second-order valence-corrected chi connectivity index (χ2v) is 6.41. The third kappa shape index (κ3) is 5.41. The minimum absolute atomic E-state index is 0.00663. The maximum Gasteiger partial charge on any atom is 0.321 e. The predicted octanol–water partition coefficient (Wildman–Crippen LogP) is 3.69. The van der Waals surface area contributed by atoms with Crippen LogP contribution >= 0.6 is 0 Å². The maximum absolute atomic E-state index is 12.6. The zero-order valence-electron chi connectivity index (χ0n) is 14.8. The smallest absolute Gasteiger partial charge is 0.321 e.